The van der Waals surface area contributed by atoms with Gasteiger partial charge in [0, 0.05) is 25.2 Å². The van der Waals surface area contributed by atoms with Gasteiger partial charge >= 0.3 is 0 Å². The van der Waals surface area contributed by atoms with Gasteiger partial charge in [-0.05, 0) is 24.3 Å². The first-order valence-corrected chi connectivity index (χ1v) is 5.90. The quantitative estimate of drug-likeness (QED) is 0.802. The number of ether oxygens (including phenoxy) is 1. The van der Waals surface area contributed by atoms with Crippen molar-refractivity contribution in [2.24, 2.45) is 0 Å². The highest BCUT2D eigenvalue weighted by Crippen LogP contribution is 2.03. The molecule has 2 rings (SSSR count). The topological polar surface area (TPSA) is 74.2 Å². The van der Waals surface area contributed by atoms with Gasteiger partial charge in [0.05, 0.1) is 24.3 Å². The molecule has 0 bridgehead atoms. The van der Waals surface area contributed by atoms with Crippen LogP contribution in [0.2, 0.25) is 0 Å². The number of hydrogen-bond acceptors (Lipinski definition) is 4. The molecule has 1 unspecified atom stereocenters. The lowest BCUT2D eigenvalue weighted by molar-refractivity contribution is 0.0287. The minimum absolute atomic E-state index is 0.0288. The molecular weight excluding hydrogens is 230 g/mol. The first kappa shape index (κ1) is 12.6. The van der Waals surface area contributed by atoms with Gasteiger partial charge in [-0.1, -0.05) is 0 Å². The molecule has 2 N–H and O–H groups in total. The standard InChI is InChI=1S/C13H15N3O2/c14-7-10-1-3-11(4-2-10)13(17)16-9-12-8-15-5-6-18-12/h1-4,12,15H,5-6,8-9H2,(H,16,17). The van der Waals surface area contributed by atoms with Crippen molar-refractivity contribution in [1.82, 2.24) is 10.6 Å². The summed E-state index contributed by atoms with van der Waals surface area (Å²) in [6.45, 7) is 2.79. The van der Waals surface area contributed by atoms with Crippen LogP contribution in [0.5, 0.6) is 0 Å². The second-order valence-electron chi connectivity index (χ2n) is 4.10. The van der Waals surface area contributed by atoms with Crippen LogP contribution in [0.1, 0.15) is 15.9 Å². The van der Waals surface area contributed by atoms with E-state index in [1.807, 2.05) is 6.07 Å². The third-order valence-electron chi connectivity index (χ3n) is 2.77. The van der Waals surface area contributed by atoms with E-state index >= 15 is 0 Å². The monoisotopic (exact) mass is 245 g/mol. The molecule has 1 aliphatic heterocycles. The zero-order valence-electron chi connectivity index (χ0n) is 9.98. The Morgan fingerprint density at radius 1 is 1.50 bits per heavy atom. The van der Waals surface area contributed by atoms with Gasteiger partial charge in [0.25, 0.3) is 5.91 Å². The molecule has 1 atom stereocenters. The SMILES string of the molecule is N#Cc1ccc(C(=O)NCC2CNCCO2)cc1. The minimum atomic E-state index is -0.145. The highest BCUT2D eigenvalue weighted by atomic mass is 16.5. The molecule has 94 valence electrons. The van der Waals surface area contributed by atoms with Gasteiger partial charge in [0.15, 0.2) is 0 Å². The molecule has 1 amide bonds. The van der Waals surface area contributed by atoms with Crippen LogP contribution in [-0.2, 0) is 4.74 Å². The molecule has 0 spiro atoms. The summed E-state index contributed by atoms with van der Waals surface area (Å²) in [6, 6.07) is 8.58. The Balaban J connectivity index is 1.85. The van der Waals surface area contributed by atoms with Crippen LogP contribution in [0.15, 0.2) is 24.3 Å². The van der Waals surface area contributed by atoms with Crippen molar-refractivity contribution >= 4 is 5.91 Å². The number of carbonyl (C=O) groups is 1. The Kier molecular flexibility index (Phi) is 4.29. The van der Waals surface area contributed by atoms with Gasteiger partial charge in [-0.2, -0.15) is 5.26 Å². The predicted molar refractivity (Wildman–Crippen MR) is 66.1 cm³/mol. The van der Waals surface area contributed by atoms with Crippen LogP contribution in [0.4, 0.5) is 0 Å². The van der Waals surface area contributed by atoms with Gasteiger partial charge in [0.2, 0.25) is 0 Å². The molecule has 1 fully saturated rings. The van der Waals surface area contributed by atoms with E-state index in [4.69, 9.17) is 10.00 Å². The Morgan fingerprint density at radius 2 is 2.28 bits per heavy atom. The lowest BCUT2D eigenvalue weighted by atomic mass is 10.1. The predicted octanol–water partition coefficient (Wildman–Crippen LogP) is 0.276. The third-order valence-corrected chi connectivity index (χ3v) is 2.77. The van der Waals surface area contributed by atoms with E-state index in [1.54, 1.807) is 24.3 Å². The van der Waals surface area contributed by atoms with E-state index in [0.717, 1.165) is 13.1 Å². The molecule has 0 radical (unpaired) electrons. The molecule has 1 aromatic carbocycles. The van der Waals surface area contributed by atoms with Crippen LogP contribution in [0.25, 0.3) is 0 Å². The third kappa shape index (κ3) is 3.29. The van der Waals surface area contributed by atoms with E-state index in [-0.39, 0.29) is 12.0 Å². The van der Waals surface area contributed by atoms with Gasteiger partial charge < -0.3 is 15.4 Å². The van der Waals surface area contributed by atoms with Gasteiger partial charge in [-0.15, -0.1) is 0 Å². The summed E-state index contributed by atoms with van der Waals surface area (Å²) in [5.41, 5.74) is 1.10. The van der Waals surface area contributed by atoms with Crippen LogP contribution in [0.3, 0.4) is 0 Å². The van der Waals surface area contributed by atoms with E-state index in [2.05, 4.69) is 10.6 Å². The summed E-state index contributed by atoms with van der Waals surface area (Å²) in [5, 5.41) is 14.7. The van der Waals surface area contributed by atoms with Crippen LogP contribution in [0, 0.1) is 11.3 Å². The molecular formula is C13H15N3O2. The maximum Gasteiger partial charge on any atom is 0.251 e. The van der Waals surface area contributed by atoms with Gasteiger partial charge in [-0.25, -0.2) is 0 Å². The maximum absolute atomic E-state index is 11.8. The first-order valence-electron chi connectivity index (χ1n) is 5.90. The molecule has 18 heavy (non-hydrogen) atoms. The van der Waals surface area contributed by atoms with E-state index in [1.165, 1.54) is 0 Å². The van der Waals surface area contributed by atoms with Crippen molar-refractivity contribution in [3.8, 4) is 6.07 Å². The van der Waals surface area contributed by atoms with Crippen molar-refractivity contribution in [1.29, 1.82) is 5.26 Å². The maximum atomic E-state index is 11.8. The number of hydrogen-bond donors (Lipinski definition) is 2. The summed E-state index contributed by atoms with van der Waals surface area (Å²) < 4.78 is 5.48. The highest BCUT2D eigenvalue weighted by molar-refractivity contribution is 5.94. The Morgan fingerprint density at radius 3 is 2.89 bits per heavy atom. The molecule has 1 aromatic rings. The fourth-order valence-electron chi connectivity index (χ4n) is 1.76. The van der Waals surface area contributed by atoms with Crippen molar-refractivity contribution < 1.29 is 9.53 Å². The summed E-state index contributed by atoms with van der Waals surface area (Å²) in [7, 11) is 0. The molecule has 1 aliphatic rings. The fourth-order valence-corrected chi connectivity index (χ4v) is 1.76. The zero-order chi connectivity index (χ0) is 12.8. The Labute approximate surface area is 106 Å². The molecule has 1 saturated heterocycles. The summed E-state index contributed by atoms with van der Waals surface area (Å²) in [4.78, 5) is 11.8. The number of nitriles is 1. The largest absolute Gasteiger partial charge is 0.374 e. The van der Waals surface area contributed by atoms with Crippen LogP contribution < -0.4 is 10.6 Å². The number of carbonyl (C=O) groups excluding carboxylic acids is 1. The van der Waals surface area contributed by atoms with Crippen molar-refractivity contribution in [2.75, 3.05) is 26.2 Å². The minimum Gasteiger partial charge on any atom is -0.374 e. The van der Waals surface area contributed by atoms with Gasteiger partial charge in [-0.3, -0.25) is 4.79 Å². The normalized spacial score (nSPS) is 18.9. The molecule has 5 heteroatoms. The second kappa shape index (κ2) is 6.15. The fraction of sp³-hybridized carbons (Fsp3) is 0.385. The lowest BCUT2D eigenvalue weighted by Crippen LogP contribution is -2.45. The number of rotatable bonds is 3. The lowest BCUT2D eigenvalue weighted by Gasteiger charge is -2.23. The first-order chi connectivity index (χ1) is 8.79. The zero-order valence-corrected chi connectivity index (χ0v) is 9.98. The van der Waals surface area contributed by atoms with Crippen LogP contribution in [-0.4, -0.2) is 38.3 Å². The number of nitrogens with zero attached hydrogens (tertiary/aromatic N) is 1. The van der Waals surface area contributed by atoms with Crippen molar-refractivity contribution in [3.05, 3.63) is 35.4 Å². The van der Waals surface area contributed by atoms with E-state index in [9.17, 15) is 4.79 Å². The number of morpholine rings is 1. The number of amides is 1. The second-order valence-corrected chi connectivity index (χ2v) is 4.10. The summed E-state index contributed by atoms with van der Waals surface area (Å²) >= 11 is 0. The van der Waals surface area contributed by atoms with Crippen LogP contribution >= 0.6 is 0 Å². The number of nitrogens with one attached hydrogen (secondary N) is 2. The molecule has 5 nitrogen and oxygen atoms in total. The molecule has 0 aromatic heterocycles. The molecule has 0 saturated carbocycles. The van der Waals surface area contributed by atoms with E-state index in [0.29, 0.717) is 24.3 Å². The van der Waals surface area contributed by atoms with Crippen molar-refractivity contribution in [3.63, 3.8) is 0 Å². The molecule has 1 heterocycles. The average molecular weight is 245 g/mol. The van der Waals surface area contributed by atoms with E-state index < -0.39 is 0 Å². The van der Waals surface area contributed by atoms with Gasteiger partial charge in [0.1, 0.15) is 0 Å². The Bertz CT molecular complexity index is 444. The van der Waals surface area contributed by atoms with Crippen molar-refractivity contribution in [2.45, 2.75) is 6.10 Å². The Hall–Kier alpha value is -1.90. The smallest absolute Gasteiger partial charge is 0.251 e. The summed E-state index contributed by atoms with van der Waals surface area (Å²) in [5.74, 6) is -0.145. The number of benzene rings is 1. The molecule has 0 aliphatic carbocycles. The summed E-state index contributed by atoms with van der Waals surface area (Å²) in [6.07, 6.45) is 0.0288. The average Bonchev–Trinajstić information content (AvgIpc) is 2.46. The highest BCUT2D eigenvalue weighted by Gasteiger charge is 2.14.